The highest BCUT2D eigenvalue weighted by Gasteiger charge is 2.46. The van der Waals surface area contributed by atoms with E-state index in [4.69, 9.17) is 44.3 Å². The quantitative estimate of drug-likeness (QED) is 0.333. The predicted molar refractivity (Wildman–Crippen MR) is 120 cm³/mol. The monoisotopic (exact) mass is 483 g/mol. The van der Waals surface area contributed by atoms with Crippen LogP contribution in [0.3, 0.4) is 0 Å². The van der Waals surface area contributed by atoms with Gasteiger partial charge in [-0.15, -0.1) is 0 Å². The van der Waals surface area contributed by atoms with Gasteiger partial charge >= 0.3 is 0 Å². The first-order valence-corrected chi connectivity index (χ1v) is 10.5. The molecule has 0 spiro atoms. The van der Waals surface area contributed by atoms with Gasteiger partial charge < -0.3 is 19.5 Å². The SMILES string of the molecule is CCCN1C(=O)C(=O)/C(=C(/O)c2cc(Cl)c(OC)c(Cl)c2OC)C1c1ccc(Cl)cc1. The lowest BCUT2D eigenvalue weighted by Crippen LogP contribution is -2.30. The van der Waals surface area contributed by atoms with E-state index in [9.17, 15) is 14.7 Å². The average molecular weight is 485 g/mol. The summed E-state index contributed by atoms with van der Waals surface area (Å²) < 4.78 is 10.5. The van der Waals surface area contributed by atoms with Crippen LogP contribution in [0.4, 0.5) is 0 Å². The molecule has 6 nitrogen and oxygen atoms in total. The highest BCUT2D eigenvalue weighted by molar-refractivity contribution is 6.47. The maximum absolute atomic E-state index is 13.0. The van der Waals surface area contributed by atoms with E-state index in [1.165, 1.54) is 25.2 Å². The summed E-state index contributed by atoms with van der Waals surface area (Å²) in [5.41, 5.74) is 0.617. The van der Waals surface area contributed by atoms with E-state index in [1.807, 2.05) is 6.92 Å². The fourth-order valence-electron chi connectivity index (χ4n) is 3.63. The Hall–Kier alpha value is -2.41. The second-order valence-electron chi connectivity index (χ2n) is 6.83. The van der Waals surface area contributed by atoms with Crippen LogP contribution in [0.1, 0.15) is 30.5 Å². The molecule has 3 rings (SSSR count). The van der Waals surface area contributed by atoms with Gasteiger partial charge in [0.05, 0.1) is 36.4 Å². The smallest absolute Gasteiger partial charge is 0.295 e. The molecule has 0 aromatic heterocycles. The van der Waals surface area contributed by atoms with Crippen molar-refractivity contribution < 1.29 is 24.2 Å². The van der Waals surface area contributed by atoms with Gasteiger partial charge in [0.25, 0.3) is 11.7 Å². The van der Waals surface area contributed by atoms with E-state index in [1.54, 1.807) is 24.3 Å². The number of aliphatic hydroxyl groups is 1. The van der Waals surface area contributed by atoms with Gasteiger partial charge in [-0.25, -0.2) is 0 Å². The number of rotatable bonds is 6. The number of nitrogens with zero attached hydrogens (tertiary/aromatic N) is 1. The third-order valence-corrected chi connectivity index (χ3v) is 5.86. The highest BCUT2D eigenvalue weighted by atomic mass is 35.5. The molecule has 1 unspecified atom stereocenters. The maximum atomic E-state index is 13.0. The molecule has 1 amide bonds. The summed E-state index contributed by atoms with van der Waals surface area (Å²) in [6.45, 7) is 2.22. The Morgan fingerprint density at radius 2 is 1.68 bits per heavy atom. The Balaban J connectivity index is 2.30. The minimum absolute atomic E-state index is 0.0323. The van der Waals surface area contributed by atoms with Crippen LogP contribution in [-0.2, 0) is 9.59 Å². The molecule has 9 heteroatoms. The van der Waals surface area contributed by atoms with Gasteiger partial charge in [-0.3, -0.25) is 9.59 Å². The first kappa shape index (κ1) is 23.3. The normalized spacial score (nSPS) is 17.9. The van der Waals surface area contributed by atoms with Crippen LogP contribution < -0.4 is 9.47 Å². The Bertz CT molecular complexity index is 1070. The molecular formula is C22H20Cl3NO5. The van der Waals surface area contributed by atoms with Crippen molar-refractivity contribution in [1.29, 1.82) is 0 Å². The number of hydrogen-bond donors (Lipinski definition) is 1. The average Bonchev–Trinajstić information content (AvgIpc) is 2.99. The molecule has 2 aromatic carbocycles. The zero-order valence-corrected chi connectivity index (χ0v) is 19.3. The van der Waals surface area contributed by atoms with Gasteiger partial charge in [0.15, 0.2) is 11.5 Å². The molecule has 1 atom stereocenters. The van der Waals surface area contributed by atoms with Crippen LogP contribution >= 0.6 is 34.8 Å². The molecule has 1 N–H and O–H groups in total. The summed E-state index contributed by atoms with van der Waals surface area (Å²) in [4.78, 5) is 27.2. The fraction of sp³-hybridized carbons (Fsp3) is 0.273. The lowest BCUT2D eigenvalue weighted by molar-refractivity contribution is -0.139. The van der Waals surface area contributed by atoms with E-state index in [0.29, 0.717) is 23.6 Å². The second kappa shape index (κ2) is 9.39. The number of Topliss-reactive ketones (excluding diaryl/α,β-unsaturated/α-hetero) is 1. The molecule has 0 aliphatic carbocycles. The third-order valence-electron chi connectivity index (χ3n) is 4.98. The van der Waals surface area contributed by atoms with Crippen LogP contribution in [0.2, 0.25) is 15.1 Å². The summed E-state index contributed by atoms with van der Waals surface area (Å²) in [5, 5.41) is 11.9. The molecule has 1 aliphatic rings. The van der Waals surface area contributed by atoms with Gasteiger partial charge in [0.2, 0.25) is 0 Å². The van der Waals surface area contributed by atoms with Gasteiger partial charge in [-0.2, -0.15) is 0 Å². The van der Waals surface area contributed by atoms with Crippen molar-refractivity contribution in [2.45, 2.75) is 19.4 Å². The Labute approximate surface area is 194 Å². The molecule has 1 fully saturated rings. The predicted octanol–water partition coefficient (Wildman–Crippen LogP) is 5.50. The van der Waals surface area contributed by atoms with Crippen molar-refractivity contribution in [1.82, 2.24) is 4.90 Å². The van der Waals surface area contributed by atoms with Gasteiger partial charge in [0.1, 0.15) is 10.8 Å². The van der Waals surface area contributed by atoms with Crippen molar-refractivity contribution in [3.05, 3.63) is 62.1 Å². The Kier molecular flexibility index (Phi) is 7.04. The molecule has 164 valence electrons. The number of halogens is 3. The molecule has 1 aliphatic heterocycles. The number of methoxy groups -OCH3 is 2. The van der Waals surface area contributed by atoms with Crippen molar-refractivity contribution >= 4 is 52.3 Å². The number of carbonyl (C=O) groups is 2. The standard InChI is InChI=1S/C22H20Cl3NO5/c1-4-9-26-17(11-5-7-12(23)8-6-11)15(19(28)22(26)29)18(27)13-10-14(24)21(31-3)16(25)20(13)30-2/h5-8,10,17,27H,4,9H2,1-3H3/b18-15+. The number of hydrogen-bond acceptors (Lipinski definition) is 5. The van der Waals surface area contributed by atoms with Gasteiger partial charge in [-0.1, -0.05) is 53.9 Å². The molecule has 2 aromatic rings. The molecule has 31 heavy (non-hydrogen) atoms. The van der Waals surface area contributed by atoms with Gasteiger partial charge in [-0.05, 0) is 30.2 Å². The molecular weight excluding hydrogens is 465 g/mol. The number of aliphatic hydroxyl groups excluding tert-OH is 1. The third kappa shape index (κ3) is 4.07. The molecule has 0 bridgehead atoms. The summed E-state index contributed by atoms with van der Waals surface area (Å²) in [6.07, 6.45) is 0.626. The second-order valence-corrected chi connectivity index (χ2v) is 8.05. The van der Waals surface area contributed by atoms with Gasteiger partial charge in [0, 0.05) is 11.6 Å². The Morgan fingerprint density at radius 1 is 1.06 bits per heavy atom. The van der Waals surface area contributed by atoms with Crippen molar-refractivity contribution in [2.24, 2.45) is 0 Å². The van der Waals surface area contributed by atoms with E-state index in [-0.39, 0.29) is 32.7 Å². The topological polar surface area (TPSA) is 76.1 Å². The Morgan fingerprint density at radius 3 is 2.23 bits per heavy atom. The fourth-order valence-corrected chi connectivity index (χ4v) is 4.45. The number of benzene rings is 2. The molecule has 1 saturated heterocycles. The van der Waals surface area contributed by atoms with Crippen LogP contribution in [0.15, 0.2) is 35.9 Å². The van der Waals surface area contributed by atoms with Crippen molar-refractivity contribution in [2.75, 3.05) is 20.8 Å². The summed E-state index contributed by atoms with van der Waals surface area (Å²) in [7, 11) is 2.75. The van der Waals surface area contributed by atoms with Crippen LogP contribution in [-0.4, -0.2) is 42.5 Å². The zero-order valence-electron chi connectivity index (χ0n) is 17.0. The lowest BCUT2D eigenvalue weighted by atomic mass is 9.95. The molecule has 1 heterocycles. The minimum atomic E-state index is -0.809. The number of ether oxygens (including phenoxy) is 2. The van der Waals surface area contributed by atoms with E-state index >= 15 is 0 Å². The number of likely N-dealkylation sites (tertiary alicyclic amines) is 1. The number of ketones is 1. The first-order valence-electron chi connectivity index (χ1n) is 9.40. The number of carbonyl (C=O) groups excluding carboxylic acids is 2. The molecule has 0 saturated carbocycles. The van der Waals surface area contributed by atoms with Crippen molar-refractivity contribution in [3.63, 3.8) is 0 Å². The highest BCUT2D eigenvalue weighted by Crippen LogP contribution is 2.47. The lowest BCUT2D eigenvalue weighted by Gasteiger charge is -2.25. The first-order chi connectivity index (χ1) is 14.8. The van der Waals surface area contributed by atoms with Crippen LogP contribution in [0.25, 0.3) is 5.76 Å². The van der Waals surface area contributed by atoms with E-state index in [0.717, 1.165) is 0 Å². The summed E-state index contributed by atoms with van der Waals surface area (Å²) >= 11 is 18.6. The minimum Gasteiger partial charge on any atom is -0.507 e. The van der Waals surface area contributed by atoms with Crippen molar-refractivity contribution in [3.8, 4) is 11.5 Å². The summed E-state index contributed by atoms with van der Waals surface area (Å²) in [6, 6.07) is 7.31. The number of amides is 1. The van der Waals surface area contributed by atoms with E-state index < -0.39 is 23.5 Å². The van der Waals surface area contributed by atoms with Crippen LogP contribution in [0, 0.1) is 0 Å². The maximum Gasteiger partial charge on any atom is 0.295 e. The summed E-state index contributed by atoms with van der Waals surface area (Å²) in [5.74, 6) is -1.72. The zero-order chi connectivity index (χ0) is 22.9. The van der Waals surface area contributed by atoms with E-state index in [2.05, 4.69) is 0 Å². The largest absolute Gasteiger partial charge is 0.507 e. The van der Waals surface area contributed by atoms with Crippen LogP contribution in [0.5, 0.6) is 11.5 Å². The molecule has 0 radical (unpaired) electrons.